The van der Waals surface area contributed by atoms with Crippen molar-refractivity contribution in [2.75, 3.05) is 11.9 Å². The van der Waals surface area contributed by atoms with Gasteiger partial charge in [-0.1, -0.05) is 18.2 Å². The van der Waals surface area contributed by atoms with Gasteiger partial charge in [-0.2, -0.15) is 0 Å². The molecular formula is C12H14N2O5. The number of nitrogens with one attached hydrogen (secondary N) is 1. The number of carbonyl (C=O) groups excluding carboxylic acids is 1. The van der Waals surface area contributed by atoms with Crippen LogP contribution in [0.4, 0.5) is 10.5 Å². The highest BCUT2D eigenvalue weighted by Crippen LogP contribution is 2.11. The molecule has 0 aliphatic rings. The number of carbonyl (C=O) groups is 3. The number of benzene rings is 1. The van der Waals surface area contributed by atoms with E-state index in [0.29, 0.717) is 5.69 Å². The van der Waals surface area contributed by atoms with E-state index >= 15 is 0 Å². The average molecular weight is 266 g/mol. The molecule has 0 fully saturated rings. The number of rotatable bonds is 5. The number of amides is 2. The first-order valence-electron chi connectivity index (χ1n) is 5.45. The van der Waals surface area contributed by atoms with Gasteiger partial charge in [0.25, 0.3) is 0 Å². The predicted molar refractivity (Wildman–Crippen MR) is 67.1 cm³/mol. The number of aliphatic carboxylic acids is 2. The van der Waals surface area contributed by atoms with E-state index in [2.05, 4.69) is 5.32 Å². The fourth-order valence-electron chi connectivity index (χ4n) is 1.39. The molecule has 0 spiro atoms. The molecule has 102 valence electrons. The Balaban J connectivity index is 2.72. The summed E-state index contributed by atoms with van der Waals surface area (Å²) < 4.78 is 0. The quantitative estimate of drug-likeness (QED) is 0.729. The van der Waals surface area contributed by atoms with Crippen molar-refractivity contribution in [1.82, 2.24) is 5.32 Å². The summed E-state index contributed by atoms with van der Waals surface area (Å²) in [5.74, 6) is -2.69. The van der Waals surface area contributed by atoms with Gasteiger partial charge in [0.15, 0.2) is 0 Å². The Bertz CT molecular complexity index is 474. The van der Waals surface area contributed by atoms with Crippen molar-refractivity contribution in [3.63, 3.8) is 0 Å². The molecule has 7 heteroatoms. The minimum Gasteiger partial charge on any atom is -0.481 e. The Kier molecular flexibility index (Phi) is 4.87. The van der Waals surface area contributed by atoms with Crippen LogP contribution in [0.15, 0.2) is 30.3 Å². The van der Waals surface area contributed by atoms with Gasteiger partial charge in [0.05, 0.1) is 6.42 Å². The van der Waals surface area contributed by atoms with Crippen molar-refractivity contribution in [2.45, 2.75) is 12.5 Å². The third kappa shape index (κ3) is 4.30. The molecule has 1 aromatic carbocycles. The van der Waals surface area contributed by atoms with Gasteiger partial charge >= 0.3 is 18.0 Å². The zero-order valence-corrected chi connectivity index (χ0v) is 10.2. The van der Waals surface area contributed by atoms with Crippen LogP contribution in [0.25, 0.3) is 0 Å². The predicted octanol–water partition coefficient (Wildman–Crippen LogP) is 0.760. The monoisotopic (exact) mass is 266 g/mol. The van der Waals surface area contributed by atoms with Crippen molar-refractivity contribution >= 4 is 23.7 Å². The lowest BCUT2D eigenvalue weighted by atomic mass is 10.2. The highest BCUT2D eigenvalue weighted by molar-refractivity contribution is 5.94. The number of nitrogens with zero attached hydrogens (tertiary/aromatic N) is 1. The number of hydrogen-bond donors (Lipinski definition) is 3. The van der Waals surface area contributed by atoms with Crippen molar-refractivity contribution in [3.8, 4) is 0 Å². The van der Waals surface area contributed by atoms with Crippen LogP contribution in [0.5, 0.6) is 0 Å². The van der Waals surface area contributed by atoms with Crippen LogP contribution in [0.2, 0.25) is 0 Å². The number of carboxylic acids is 2. The van der Waals surface area contributed by atoms with Gasteiger partial charge in [-0.05, 0) is 12.1 Å². The summed E-state index contributed by atoms with van der Waals surface area (Å²) in [4.78, 5) is 34.3. The van der Waals surface area contributed by atoms with Crippen LogP contribution in [0, 0.1) is 0 Å². The van der Waals surface area contributed by atoms with E-state index in [1.807, 2.05) is 0 Å². The summed E-state index contributed by atoms with van der Waals surface area (Å²) >= 11 is 0. The molecule has 0 unspecified atom stereocenters. The van der Waals surface area contributed by atoms with Gasteiger partial charge in [-0.15, -0.1) is 0 Å². The minimum atomic E-state index is -1.46. The number of hydrogen-bond acceptors (Lipinski definition) is 3. The number of anilines is 1. The maximum Gasteiger partial charge on any atom is 0.326 e. The smallest absolute Gasteiger partial charge is 0.326 e. The fourth-order valence-corrected chi connectivity index (χ4v) is 1.39. The molecule has 0 heterocycles. The SMILES string of the molecule is CN(C(=O)N[C@@H](CC(=O)O)C(=O)O)c1ccccc1. The molecule has 1 aromatic rings. The summed E-state index contributed by atoms with van der Waals surface area (Å²) in [6.07, 6.45) is -0.677. The first-order chi connectivity index (χ1) is 8.91. The third-order valence-electron chi connectivity index (χ3n) is 2.42. The fraction of sp³-hybridized carbons (Fsp3) is 0.250. The van der Waals surface area contributed by atoms with E-state index in [-0.39, 0.29) is 0 Å². The van der Waals surface area contributed by atoms with Crippen molar-refractivity contribution in [1.29, 1.82) is 0 Å². The van der Waals surface area contributed by atoms with Crippen molar-refractivity contribution < 1.29 is 24.6 Å². The van der Waals surface area contributed by atoms with Crippen LogP contribution in [-0.2, 0) is 9.59 Å². The highest BCUT2D eigenvalue weighted by Gasteiger charge is 2.24. The lowest BCUT2D eigenvalue weighted by molar-refractivity contribution is -0.145. The van der Waals surface area contributed by atoms with E-state index in [4.69, 9.17) is 10.2 Å². The molecular weight excluding hydrogens is 252 g/mol. The second-order valence-corrected chi connectivity index (χ2v) is 3.83. The molecule has 0 aliphatic heterocycles. The molecule has 19 heavy (non-hydrogen) atoms. The lowest BCUT2D eigenvalue weighted by Gasteiger charge is -2.20. The van der Waals surface area contributed by atoms with E-state index < -0.39 is 30.4 Å². The van der Waals surface area contributed by atoms with Gasteiger partial charge in [0.2, 0.25) is 0 Å². The van der Waals surface area contributed by atoms with Crippen LogP contribution >= 0.6 is 0 Å². The van der Waals surface area contributed by atoms with Gasteiger partial charge < -0.3 is 15.5 Å². The Morgan fingerprint density at radius 2 is 1.79 bits per heavy atom. The molecule has 0 aliphatic carbocycles. The summed E-state index contributed by atoms with van der Waals surface area (Å²) in [5, 5.41) is 19.6. The largest absolute Gasteiger partial charge is 0.481 e. The van der Waals surface area contributed by atoms with Crippen molar-refractivity contribution in [3.05, 3.63) is 30.3 Å². The Labute approximate surface area is 109 Å². The Morgan fingerprint density at radius 1 is 1.21 bits per heavy atom. The summed E-state index contributed by atoms with van der Waals surface area (Å²) in [6, 6.07) is 6.44. The normalized spacial score (nSPS) is 11.4. The molecule has 1 atom stereocenters. The maximum absolute atomic E-state index is 11.8. The molecule has 0 bridgehead atoms. The summed E-state index contributed by atoms with van der Waals surface area (Å²) in [6.45, 7) is 0. The Morgan fingerprint density at radius 3 is 2.26 bits per heavy atom. The molecule has 0 saturated carbocycles. The molecule has 1 rings (SSSR count). The van der Waals surface area contributed by atoms with E-state index in [1.165, 1.54) is 11.9 Å². The van der Waals surface area contributed by atoms with Crippen LogP contribution < -0.4 is 10.2 Å². The van der Waals surface area contributed by atoms with E-state index in [1.54, 1.807) is 30.3 Å². The highest BCUT2D eigenvalue weighted by atomic mass is 16.4. The number of carboxylic acid groups (broad SMARTS) is 2. The summed E-state index contributed by atoms with van der Waals surface area (Å²) in [5.41, 5.74) is 0.569. The first kappa shape index (κ1) is 14.5. The third-order valence-corrected chi connectivity index (χ3v) is 2.42. The van der Waals surface area contributed by atoms with Crippen LogP contribution in [0.1, 0.15) is 6.42 Å². The minimum absolute atomic E-state index is 0.569. The number of para-hydroxylation sites is 1. The van der Waals surface area contributed by atoms with Gasteiger partial charge in [-0.25, -0.2) is 9.59 Å². The second-order valence-electron chi connectivity index (χ2n) is 3.83. The standard InChI is InChI=1S/C12H14N2O5/c1-14(8-5-3-2-4-6-8)12(19)13-9(11(17)18)7-10(15)16/h2-6,9H,7H2,1H3,(H,13,19)(H,15,16)(H,17,18)/t9-/m0/s1. The zero-order chi connectivity index (χ0) is 14.4. The molecule has 3 N–H and O–H groups in total. The zero-order valence-electron chi connectivity index (χ0n) is 10.2. The lowest BCUT2D eigenvalue weighted by Crippen LogP contribution is -2.47. The molecule has 0 aromatic heterocycles. The van der Waals surface area contributed by atoms with E-state index in [0.717, 1.165) is 0 Å². The second kappa shape index (κ2) is 6.39. The van der Waals surface area contributed by atoms with Crippen LogP contribution in [0.3, 0.4) is 0 Å². The van der Waals surface area contributed by atoms with Crippen molar-refractivity contribution in [2.24, 2.45) is 0 Å². The van der Waals surface area contributed by atoms with Crippen LogP contribution in [-0.4, -0.2) is 41.3 Å². The average Bonchev–Trinajstić information content (AvgIpc) is 2.37. The maximum atomic E-state index is 11.8. The van der Waals surface area contributed by atoms with Gasteiger partial charge in [0, 0.05) is 12.7 Å². The number of urea groups is 1. The molecule has 2 amide bonds. The molecule has 0 radical (unpaired) electrons. The topological polar surface area (TPSA) is 107 Å². The Hall–Kier alpha value is -2.57. The van der Waals surface area contributed by atoms with E-state index in [9.17, 15) is 14.4 Å². The first-order valence-corrected chi connectivity index (χ1v) is 5.45. The molecule has 0 saturated heterocycles. The molecule has 7 nitrogen and oxygen atoms in total. The summed E-state index contributed by atoms with van der Waals surface area (Å²) in [7, 11) is 1.46. The van der Waals surface area contributed by atoms with Gasteiger partial charge in [0.1, 0.15) is 6.04 Å². The van der Waals surface area contributed by atoms with Gasteiger partial charge in [-0.3, -0.25) is 9.69 Å².